The van der Waals surface area contributed by atoms with E-state index >= 15 is 0 Å². The van der Waals surface area contributed by atoms with Gasteiger partial charge in [0.05, 0.1) is 18.5 Å². The number of amides is 1. The van der Waals surface area contributed by atoms with Crippen molar-refractivity contribution in [3.63, 3.8) is 0 Å². The summed E-state index contributed by atoms with van der Waals surface area (Å²) in [5, 5.41) is -0.425. The van der Waals surface area contributed by atoms with E-state index in [9.17, 15) is 30.8 Å². The van der Waals surface area contributed by atoms with Crippen molar-refractivity contribution < 1.29 is 30.8 Å². The molecular weight excluding hydrogens is 510 g/mol. The molecule has 1 heterocycles. The van der Waals surface area contributed by atoms with E-state index in [1.807, 2.05) is 0 Å². The molecular formula is C23H18ClF4N3O3S. The smallest absolute Gasteiger partial charge is 0.304 e. The summed E-state index contributed by atoms with van der Waals surface area (Å²) in [4.78, 5) is 17.6. The van der Waals surface area contributed by atoms with Gasteiger partial charge in [-0.15, -0.1) is 0 Å². The van der Waals surface area contributed by atoms with Crippen LogP contribution in [0.25, 0.3) is 6.08 Å². The number of anilines is 2. The quantitative estimate of drug-likeness (QED) is 0.250. The number of sulfonamides is 1. The van der Waals surface area contributed by atoms with E-state index in [1.54, 1.807) is 30.3 Å². The number of rotatable bonds is 7. The van der Waals surface area contributed by atoms with E-state index in [-0.39, 0.29) is 17.8 Å². The molecule has 0 aliphatic carbocycles. The summed E-state index contributed by atoms with van der Waals surface area (Å²) in [7, 11) is -3.68. The van der Waals surface area contributed by atoms with Gasteiger partial charge in [0.1, 0.15) is 16.7 Å². The Balaban J connectivity index is 1.87. The normalized spacial score (nSPS) is 12.1. The van der Waals surface area contributed by atoms with Gasteiger partial charge in [-0.3, -0.25) is 9.52 Å². The van der Waals surface area contributed by atoms with Gasteiger partial charge in [0.2, 0.25) is 10.0 Å². The molecule has 3 rings (SSSR count). The summed E-state index contributed by atoms with van der Waals surface area (Å²) in [5.74, 6) is -1.39. The van der Waals surface area contributed by atoms with Crippen molar-refractivity contribution in [3.05, 3.63) is 94.5 Å². The average Bonchev–Trinajstić information content (AvgIpc) is 2.77. The minimum atomic E-state index is -4.66. The second kappa shape index (κ2) is 10.4. The number of nitrogens with one attached hydrogen (secondary N) is 1. The van der Waals surface area contributed by atoms with Gasteiger partial charge in [-0.2, -0.15) is 13.2 Å². The Hall–Kier alpha value is -3.44. The number of benzene rings is 2. The molecule has 0 spiro atoms. The molecule has 0 aliphatic rings. The molecule has 1 amide bonds. The number of pyridine rings is 1. The largest absolute Gasteiger partial charge is 0.433 e. The monoisotopic (exact) mass is 527 g/mol. The number of hydrogen-bond acceptors (Lipinski definition) is 4. The maximum absolute atomic E-state index is 14.4. The SMILES string of the molecule is CS(=O)(=O)Nc1ccc(CN(C(=O)/C=C\c2ccc(C(F)(F)F)nc2Cl)c2ccccc2)cc1F. The van der Waals surface area contributed by atoms with Crippen LogP contribution < -0.4 is 9.62 Å². The number of nitrogens with zero attached hydrogens (tertiary/aromatic N) is 2. The Bertz CT molecular complexity index is 1360. The first kappa shape index (κ1) is 26.2. The fraction of sp³-hybridized carbons (Fsp3) is 0.130. The molecule has 0 saturated carbocycles. The van der Waals surface area contributed by atoms with Gasteiger partial charge >= 0.3 is 6.18 Å². The minimum absolute atomic E-state index is 0.0811. The van der Waals surface area contributed by atoms with E-state index < -0.39 is 38.8 Å². The van der Waals surface area contributed by atoms with Crippen molar-refractivity contribution in [2.75, 3.05) is 15.9 Å². The number of para-hydroxylation sites is 1. The molecule has 0 fully saturated rings. The van der Waals surface area contributed by atoms with Crippen LogP contribution in [0.5, 0.6) is 0 Å². The topological polar surface area (TPSA) is 79.4 Å². The van der Waals surface area contributed by atoms with E-state index in [1.165, 1.54) is 23.1 Å². The summed E-state index contributed by atoms with van der Waals surface area (Å²) in [5.41, 5.74) is -0.465. The van der Waals surface area contributed by atoms with Gasteiger partial charge in [0, 0.05) is 17.3 Å². The number of carbonyl (C=O) groups excluding carboxylic acids is 1. The molecule has 184 valence electrons. The highest BCUT2D eigenvalue weighted by atomic mass is 35.5. The molecule has 3 aromatic rings. The molecule has 0 saturated heterocycles. The number of halogens is 5. The van der Waals surface area contributed by atoms with E-state index in [2.05, 4.69) is 9.71 Å². The molecule has 0 aliphatic heterocycles. The Labute approximate surface area is 203 Å². The first-order valence-corrected chi connectivity index (χ1v) is 12.1. The average molecular weight is 528 g/mol. The minimum Gasteiger partial charge on any atom is -0.304 e. The number of alkyl halides is 3. The Morgan fingerprint density at radius 2 is 1.80 bits per heavy atom. The van der Waals surface area contributed by atoms with Crippen molar-refractivity contribution >= 4 is 45.0 Å². The standard InChI is InChI=1S/C23H18ClF4N3O3S/c1-35(33,34)30-19-10-7-15(13-18(19)25)14-31(17-5-3-2-4-6-17)21(32)12-9-16-8-11-20(23(26,27)28)29-22(16)24/h2-13,30H,14H2,1H3/b12-9-. The Morgan fingerprint density at radius 1 is 1.11 bits per heavy atom. The van der Waals surface area contributed by atoms with Crippen molar-refractivity contribution in [2.24, 2.45) is 0 Å². The van der Waals surface area contributed by atoms with Crippen LogP contribution in [0, 0.1) is 5.82 Å². The van der Waals surface area contributed by atoms with E-state index in [0.717, 1.165) is 30.5 Å². The summed E-state index contributed by atoms with van der Waals surface area (Å²) in [6.45, 7) is -0.0811. The van der Waals surface area contributed by atoms with Crippen LogP contribution in [0.15, 0.2) is 66.7 Å². The fourth-order valence-corrected chi connectivity index (χ4v) is 3.79. The Kier molecular flexibility index (Phi) is 7.81. The molecule has 1 N–H and O–H groups in total. The highest BCUT2D eigenvalue weighted by Gasteiger charge is 2.32. The number of aromatic nitrogens is 1. The summed E-state index contributed by atoms with van der Waals surface area (Å²) in [6.07, 6.45) is -1.43. The van der Waals surface area contributed by atoms with Crippen LogP contribution in [0.2, 0.25) is 5.15 Å². The second-order valence-electron chi connectivity index (χ2n) is 7.36. The van der Waals surface area contributed by atoms with Gasteiger partial charge in [-0.1, -0.05) is 35.9 Å². The zero-order valence-corrected chi connectivity index (χ0v) is 19.6. The van der Waals surface area contributed by atoms with Crippen molar-refractivity contribution in [2.45, 2.75) is 12.7 Å². The van der Waals surface area contributed by atoms with Crippen LogP contribution in [0.3, 0.4) is 0 Å². The summed E-state index contributed by atoms with van der Waals surface area (Å²) in [6, 6.07) is 14.0. The molecule has 2 aromatic carbocycles. The Morgan fingerprint density at radius 3 is 2.37 bits per heavy atom. The lowest BCUT2D eigenvalue weighted by molar-refractivity contribution is -0.141. The zero-order chi connectivity index (χ0) is 25.8. The van der Waals surface area contributed by atoms with Gasteiger partial charge in [-0.25, -0.2) is 17.8 Å². The van der Waals surface area contributed by atoms with Crippen molar-refractivity contribution in [3.8, 4) is 0 Å². The zero-order valence-electron chi connectivity index (χ0n) is 18.1. The predicted molar refractivity (Wildman–Crippen MR) is 126 cm³/mol. The van der Waals surface area contributed by atoms with Crippen LogP contribution in [-0.2, 0) is 27.5 Å². The van der Waals surface area contributed by atoms with Crippen LogP contribution in [0.4, 0.5) is 28.9 Å². The summed E-state index contributed by atoms with van der Waals surface area (Å²) >= 11 is 5.85. The third kappa shape index (κ3) is 7.27. The maximum Gasteiger partial charge on any atom is 0.433 e. The second-order valence-corrected chi connectivity index (χ2v) is 9.46. The summed E-state index contributed by atoms with van der Waals surface area (Å²) < 4.78 is 77.6. The number of hydrogen-bond donors (Lipinski definition) is 1. The molecule has 0 atom stereocenters. The molecule has 1 aromatic heterocycles. The van der Waals surface area contributed by atoms with Crippen molar-refractivity contribution in [1.82, 2.24) is 4.98 Å². The molecule has 0 radical (unpaired) electrons. The molecule has 0 bridgehead atoms. The van der Waals surface area contributed by atoms with Crippen LogP contribution in [-0.4, -0.2) is 25.6 Å². The molecule has 12 heteroatoms. The van der Waals surface area contributed by atoms with Gasteiger partial charge in [-0.05, 0) is 48.0 Å². The highest BCUT2D eigenvalue weighted by molar-refractivity contribution is 7.92. The first-order valence-electron chi connectivity index (χ1n) is 9.88. The fourth-order valence-electron chi connectivity index (χ4n) is 3.00. The van der Waals surface area contributed by atoms with E-state index in [4.69, 9.17) is 11.6 Å². The molecule has 35 heavy (non-hydrogen) atoms. The van der Waals surface area contributed by atoms with Gasteiger partial charge in [0.15, 0.2) is 0 Å². The van der Waals surface area contributed by atoms with Crippen LogP contribution in [0.1, 0.15) is 16.8 Å². The lowest BCUT2D eigenvalue weighted by Crippen LogP contribution is -2.28. The lowest BCUT2D eigenvalue weighted by atomic mass is 10.1. The highest BCUT2D eigenvalue weighted by Crippen LogP contribution is 2.30. The maximum atomic E-state index is 14.4. The van der Waals surface area contributed by atoms with Crippen LogP contribution >= 0.6 is 11.6 Å². The van der Waals surface area contributed by atoms with Crippen molar-refractivity contribution in [1.29, 1.82) is 0 Å². The third-order valence-corrected chi connectivity index (χ3v) is 5.47. The number of carbonyl (C=O) groups is 1. The van der Waals surface area contributed by atoms with Gasteiger partial charge in [0.25, 0.3) is 5.91 Å². The van der Waals surface area contributed by atoms with Gasteiger partial charge < -0.3 is 4.90 Å². The molecule has 6 nitrogen and oxygen atoms in total. The lowest BCUT2D eigenvalue weighted by Gasteiger charge is -2.22. The third-order valence-electron chi connectivity index (χ3n) is 4.58. The van der Waals surface area contributed by atoms with E-state index in [0.29, 0.717) is 11.3 Å². The predicted octanol–water partition coefficient (Wildman–Crippen LogP) is 5.51. The first-order chi connectivity index (χ1) is 16.3. The molecule has 0 unspecified atom stereocenters.